The average molecular weight is 1830 g/mol. The number of hydrogen-bond donors (Lipinski definition) is 9. The molecule has 0 amide bonds. The molecule has 7 aromatic rings. The summed E-state index contributed by atoms with van der Waals surface area (Å²) >= 11 is 9.39. The summed E-state index contributed by atoms with van der Waals surface area (Å²) in [6, 6.07) is 29.0. The van der Waals surface area contributed by atoms with Crippen LogP contribution in [0.5, 0.6) is 0 Å². The van der Waals surface area contributed by atoms with Crippen molar-refractivity contribution in [2.75, 3.05) is 59.5 Å². The van der Waals surface area contributed by atoms with Crippen LogP contribution in [0, 0.1) is 0 Å². The highest BCUT2D eigenvalue weighted by Crippen LogP contribution is 2.37. The molecule has 0 aliphatic rings. The van der Waals surface area contributed by atoms with E-state index in [1.807, 2.05) is 14.2 Å². The summed E-state index contributed by atoms with van der Waals surface area (Å²) in [4.78, 5) is 74.9. The van der Waals surface area contributed by atoms with Crippen molar-refractivity contribution in [1.29, 1.82) is 0 Å². The number of Topliss-reactive ketones (excluding diaryl/α,β-unsaturated/α-hetero) is 5. The van der Waals surface area contributed by atoms with Gasteiger partial charge in [0.25, 0.3) is 20.9 Å². The van der Waals surface area contributed by atoms with Crippen molar-refractivity contribution in [2.24, 2.45) is 0 Å². The van der Waals surface area contributed by atoms with Gasteiger partial charge in [0.05, 0.1) is 43.3 Å². The number of ketones is 5. The second kappa shape index (κ2) is 42.6. The van der Waals surface area contributed by atoms with E-state index in [4.69, 9.17) is 37.5 Å². The smallest absolute Gasteiger partial charge is 0.382 e. The number of aliphatic hydroxyl groups is 3. The van der Waals surface area contributed by atoms with Crippen molar-refractivity contribution in [2.45, 2.75) is 90.4 Å². The fraction of sp³-hybridized carbons (Fsp3) is 0.258. The van der Waals surface area contributed by atoms with Gasteiger partial charge >= 0.3 is 11.9 Å². The van der Waals surface area contributed by atoms with Gasteiger partial charge in [0.1, 0.15) is 19.5 Å². The number of alkyl halides is 6. The van der Waals surface area contributed by atoms with Crippen molar-refractivity contribution >= 4 is 160 Å². The Morgan fingerprint density at radius 1 is 0.454 bits per heavy atom. The van der Waals surface area contributed by atoms with Gasteiger partial charge in [0, 0.05) is 80.0 Å². The Hall–Kier alpha value is -7.59. The van der Waals surface area contributed by atoms with Crippen LogP contribution in [-0.2, 0) is 83.0 Å². The fourth-order valence-electron chi connectivity index (χ4n) is 7.83. The lowest BCUT2D eigenvalue weighted by atomic mass is 10.0. The lowest BCUT2D eigenvalue weighted by Crippen LogP contribution is -2.32. The van der Waals surface area contributed by atoms with Gasteiger partial charge in [0.2, 0.25) is 40.1 Å². The first-order chi connectivity index (χ1) is 49.6. The maximum atomic E-state index is 14.2. The van der Waals surface area contributed by atoms with Gasteiger partial charge in [-0.3, -0.25) is 28.8 Å². The maximum Gasteiger partial charge on any atom is 0.382 e. The topological polar surface area (TPSA) is 460 Å². The molecule has 0 bridgehead atoms. The molecule has 7 aromatic carbocycles. The molecule has 0 heterocycles. The molecule has 0 saturated carbocycles. The van der Waals surface area contributed by atoms with E-state index >= 15 is 0 Å². The lowest BCUT2D eigenvalue weighted by Gasteiger charge is -2.19. The molecule has 0 saturated heterocycles. The Morgan fingerprint density at radius 2 is 0.778 bits per heavy atom. The van der Waals surface area contributed by atoms with Crippen LogP contribution < -0.4 is 30.4 Å². The molecule has 0 radical (unpaired) electrons. The molecule has 0 spiro atoms. The highest BCUT2D eigenvalue weighted by atomic mass is 79.9. The van der Waals surface area contributed by atoms with E-state index in [-0.39, 0.29) is 56.2 Å². The van der Waals surface area contributed by atoms with Crippen molar-refractivity contribution < 1.29 is 122 Å². The second-order valence-electron chi connectivity index (χ2n) is 21.3. The minimum atomic E-state index is -4.25. The van der Waals surface area contributed by atoms with Gasteiger partial charge in [-0.15, -0.1) is 0 Å². The zero-order valence-electron chi connectivity index (χ0n) is 58.3. The molecule has 7 rings (SSSR count). The number of ether oxygens (including phenoxy) is 1. The third-order valence-corrected chi connectivity index (χ3v) is 23.5. The van der Waals surface area contributed by atoms with Gasteiger partial charge in [-0.25, -0.2) is 65.8 Å². The number of hydrogen-bond acceptors (Lipinski definition) is 23. The first-order valence-electron chi connectivity index (χ1n) is 29.9. The van der Waals surface area contributed by atoms with Gasteiger partial charge in [-0.2, -0.15) is 26.3 Å². The normalized spacial score (nSPS) is 11.5. The number of carbonyl (C=O) groups is 7. The molecule has 0 aliphatic heterocycles. The predicted molar refractivity (Wildman–Crippen MR) is 399 cm³/mol. The zero-order valence-corrected chi connectivity index (χ0v) is 67.9. The van der Waals surface area contributed by atoms with Crippen LogP contribution in [0.15, 0.2) is 171 Å². The first-order valence-corrected chi connectivity index (χ1v) is 40.5. The molecule has 0 atom stereocenters. The van der Waals surface area contributed by atoms with Crippen LogP contribution in [0.4, 0.5) is 37.7 Å². The molecule has 0 aromatic heterocycles. The Morgan fingerprint density at radius 3 is 1.12 bits per heavy atom. The number of nitrogens with two attached hydrogens (primary N) is 2. The summed E-state index contributed by atoms with van der Waals surface area (Å²) in [5.74, 6) is -14.2. The van der Waals surface area contributed by atoms with Crippen LogP contribution in [0.2, 0.25) is 0 Å². The molecule has 0 fully saturated rings. The highest BCUT2D eigenvalue weighted by Gasteiger charge is 2.47. The summed E-state index contributed by atoms with van der Waals surface area (Å²) in [6.45, 7) is 4.48. The van der Waals surface area contributed by atoms with Gasteiger partial charge < -0.3 is 31.5 Å². The number of esters is 1. The number of rotatable bonds is 23. The highest BCUT2D eigenvalue weighted by molar-refractivity contribution is 9.11. The minimum absolute atomic E-state index is 0.0378. The van der Waals surface area contributed by atoms with E-state index in [1.165, 1.54) is 84.1 Å². The van der Waals surface area contributed by atoms with Gasteiger partial charge in [-0.1, -0.05) is 30.3 Å². The summed E-state index contributed by atoms with van der Waals surface area (Å²) in [7, 11) is -9.97. The molecular weight excluding hydrogens is 1760 g/mol. The van der Waals surface area contributed by atoms with Crippen LogP contribution in [-0.4, -0.2) is 147 Å². The summed E-state index contributed by atoms with van der Waals surface area (Å²) in [5, 5.41) is 26.1. The summed E-state index contributed by atoms with van der Waals surface area (Å²) in [6.07, 6.45) is 0.312. The second-order valence-corrected chi connectivity index (χ2v) is 33.8. The Bertz CT molecular complexity index is 5040. The number of sulfonamides is 4. The third kappa shape index (κ3) is 29.0. The minimum Gasteiger partial charge on any atom is -0.461 e. The molecular formula is C66H72Br3ClF6N6O21S5. The number of halogens is 10. The van der Waals surface area contributed by atoms with E-state index in [9.17, 15) is 102 Å². The van der Waals surface area contributed by atoms with E-state index < -0.39 is 130 Å². The Balaban J connectivity index is 0.000000638. The standard InChI is InChI=1S/C13H15F2NO5S.C10H13F2NO4S.C10H11F2NO4S.C9H10BrNO3S.C8H6BrClO3S.C8H8BrNO.C8H9NO/c1-4-21-12(18)13(14,15)10-7-9(8(2)17)5-6-11(10)22(19,20)16-3;2*1-13-18(16,17)9-3-2-7(5-14)4-8(9)10(11,12)6-15;1-6(12)7-3-4-9(8(10)5-7)15(13,14)11-2;1-5(11)6-2-3-8(7(9)4-6)14(10,12)13;1-5(11)6-2-3-8(10)7(9)4-6;1-6(10)7-2-4-8(9)5-3-7/h5-7,16H,4H2,1-3H3;2-4,13-15H,5-6H2,1H3;2-5,13,15H,6H2,1H3;3-5,11H,1-2H3;2-4H,1H3;2-4H,10H2,1H3;2-5H,9H2,1H3. The summed E-state index contributed by atoms with van der Waals surface area (Å²) < 4.78 is 211. The van der Waals surface area contributed by atoms with E-state index in [1.54, 1.807) is 42.5 Å². The van der Waals surface area contributed by atoms with Crippen LogP contribution in [0.1, 0.15) is 126 Å². The molecule has 592 valence electrons. The largest absolute Gasteiger partial charge is 0.461 e. The Labute approximate surface area is 648 Å². The van der Waals surface area contributed by atoms with E-state index in [0.717, 1.165) is 75.0 Å². The van der Waals surface area contributed by atoms with E-state index in [0.29, 0.717) is 54.9 Å². The molecule has 108 heavy (non-hydrogen) atoms. The number of benzene rings is 7. The van der Waals surface area contributed by atoms with Crippen LogP contribution in [0.25, 0.3) is 0 Å². The zero-order chi connectivity index (χ0) is 83.6. The Kier molecular flexibility index (Phi) is 38.8. The number of nitrogens with one attached hydrogen (secondary N) is 4. The number of aldehydes is 1. The number of aliphatic hydroxyl groups excluding tert-OH is 3. The molecule has 0 unspecified atom stereocenters. The van der Waals surface area contributed by atoms with Crippen molar-refractivity contribution in [3.05, 3.63) is 203 Å². The van der Waals surface area contributed by atoms with Gasteiger partial charge in [-0.05, 0) is 226 Å². The van der Waals surface area contributed by atoms with Crippen molar-refractivity contribution in [3.8, 4) is 0 Å². The third-order valence-electron chi connectivity index (χ3n) is 13.7. The van der Waals surface area contributed by atoms with Crippen LogP contribution in [0.3, 0.4) is 0 Å². The maximum absolute atomic E-state index is 14.2. The first kappa shape index (κ1) is 98.4. The van der Waals surface area contributed by atoms with Crippen LogP contribution >= 0.6 is 58.5 Å². The summed E-state index contributed by atoms with van der Waals surface area (Å²) in [5.41, 5.74) is 11.6. The molecule has 0 aliphatic carbocycles. The molecule has 27 nitrogen and oxygen atoms in total. The average Bonchev–Trinajstić information content (AvgIpc) is 0.812. The SMILES string of the molecule is CC(=O)c1ccc(N)c(Br)c1.CC(=O)c1ccc(N)cc1.CC(=O)c1ccc(S(=O)(=O)Cl)c(Br)c1.CCOC(=O)C(F)(F)c1cc(C(C)=O)ccc1S(=O)(=O)NC.CNS(=O)(=O)c1ccc(C(C)=O)cc1Br.CNS(=O)(=O)c1ccc(C=O)cc1C(F)(F)CO.CNS(=O)(=O)c1ccc(CO)cc1C(F)(F)CO. The molecule has 42 heteroatoms. The van der Waals surface area contributed by atoms with Crippen molar-refractivity contribution in [3.63, 3.8) is 0 Å². The fourth-order valence-corrected chi connectivity index (χ4v) is 15.1. The predicted octanol–water partition coefficient (Wildman–Crippen LogP) is 9.96. The van der Waals surface area contributed by atoms with Crippen molar-refractivity contribution in [1.82, 2.24) is 18.9 Å². The van der Waals surface area contributed by atoms with Gasteiger partial charge in [0.15, 0.2) is 28.9 Å². The number of nitrogen functional groups attached to an aromatic ring is 2. The molecule has 11 N–H and O–H groups in total. The number of anilines is 2. The van der Waals surface area contributed by atoms with E-state index in [2.05, 4.69) is 57.2 Å². The monoisotopic (exact) mass is 1830 g/mol. The number of carbonyl (C=O) groups excluding carboxylic acids is 7. The quantitative estimate of drug-likeness (QED) is 0.00718. The lowest BCUT2D eigenvalue weighted by molar-refractivity contribution is -0.173.